The summed E-state index contributed by atoms with van der Waals surface area (Å²) in [7, 11) is 0. The molecule has 0 heterocycles. The van der Waals surface area contributed by atoms with Gasteiger partial charge in [-0.1, -0.05) is 12.7 Å². The Morgan fingerprint density at radius 2 is 2.31 bits per heavy atom. The van der Waals surface area contributed by atoms with E-state index in [9.17, 15) is 14.9 Å². The molecule has 0 saturated carbocycles. The van der Waals surface area contributed by atoms with Crippen LogP contribution in [0.3, 0.4) is 0 Å². The molecule has 13 heavy (non-hydrogen) atoms. The van der Waals surface area contributed by atoms with Gasteiger partial charge in [0.15, 0.2) is 0 Å². The summed E-state index contributed by atoms with van der Waals surface area (Å²) in [6, 6.07) is 0. The highest BCUT2D eigenvalue weighted by atomic mass is 16.9. The quantitative estimate of drug-likeness (QED) is 0.194. The normalized spacial score (nSPS) is 8.92. The van der Waals surface area contributed by atoms with Crippen LogP contribution in [0.15, 0.2) is 12.7 Å². The number of nitrogens with zero attached hydrogens (tertiary/aromatic N) is 1. The molecule has 0 aliphatic rings. The first kappa shape index (κ1) is 11.4. The van der Waals surface area contributed by atoms with E-state index < -0.39 is 11.1 Å². The molecule has 0 aromatic heterocycles. The number of ether oxygens (including phenoxy) is 1. The highest BCUT2D eigenvalue weighted by molar-refractivity contribution is 5.69. The monoisotopic (exact) mass is 189 g/mol. The van der Waals surface area contributed by atoms with Gasteiger partial charge in [-0.2, -0.15) is 0 Å². The number of carbonyl (C=O) groups is 1. The fraction of sp³-hybridized carbons (Fsp3) is 0.571. The molecule has 0 amide bonds. The predicted molar refractivity (Wildman–Crippen MR) is 43.3 cm³/mol. The van der Waals surface area contributed by atoms with Crippen molar-refractivity contribution >= 4 is 5.97 Å². The van der Waals surface area contributed by atoms with E-state index in [1.165, 1.54) is 6.08 Å². The second-order valence-electron chi connectivity index (χ2n) is 2.13. The van der Waals surface area contributed by atoms with Crippen LogP contribution in [0.4, 0.5) is 0 Å². The summed E-state index contributed by atoms with van der Waals surface area (Å²) >= 11 is 0. The third-order valence-electron chi connectivity index (χ3n) is 1.08. The number of rotatable bonds is 7. The lowest BCUT2D eigenvalue weighted by atomic mass is 10.3. The first-order valence-corrected chi connectivity index (χ1v) is 3.70. The molecule has 6 nitrogen and oxygen atoms in total. The molecule has 0 aliphatic heterocycles. The third kappa shape index (κ3) is 8.32. The van der Waals surface area contributed by atoms with E-state index in [-0.39, 0.29) is 26.1 Å². The summed E-state index contributed by atoms with van der Waals surface area (Å²) < 4.78 is 4.62. The Labute approximate surface area is 75.2 Å². The smallest absolute Gasteiger partial charge is 0.306 e. The zero-order valence-corrected chi connectivity index (χ0v) is 7.10. The van der Waals surface area contributed by atoms with Crippen molar-refractivity contribution in [2.75, 3.05) is 13.2 Å². The molecule has 0 aromatic carbocycles. The van der Waals surface area contributed by atoms with E-state index in [4.69, 9.17) is 0 Å². The minimum absolute atomic E-state index is 0.0871. The van der Waals surface area contributed by atoms with Crippen LogP contribution in [0.2, 0.25) is 0 Å². The van der Waals surface area contributed by atoms with Crippen LogP contribution in [0, 0.1) is 10.1 Å². The van der Waals surface area contributed by atoms with Crippen LogP contribution in [-0.2, 0) is 14.4 Å². The van der Waals surface area contributed by atoms with Gasteiger partial charge in [0.25, 0.3) is 5.09 Å². The zero-order chi connectivity index (χ0) is 10.1. The molecule has 0 unspecified atom stereocenters. The van der Waals surface area contributed by atoms with E-state index in [0.717, 1.165) is 0 Å². The Kier molecular flexibility index (Phi) is 6.21. The fourth-order valence-corrected chi connectivity index (χ4v) is 0.580. The molecule has 0 radical (unpaired) electrons. The summed E-state index contributed by atoms with van der Waals surface area (Å²) in [6.07, 6.45) is 1.84. The highest BCUT2D eigenvalue weighted by Gasteiger charge is 2.02. The van der Waals surface area contributed by atoms with Crippen molar-refractivity contribution < 1.29 is 19.5 Å². The van der Waals surface area contributed by atoms with Crippen molar-refractivity contribution in [2.45, 2.75) is 12.8 Å². The van der Waals surface area contributed by atoms with Crippen molar-refractivity contribution in [3.05, 3.63) is 22.8 Å². The van der Waals surface area contributed by atoms with Crippen LogP contribution in [0.25, 0.3) is 0 Å². The number of esters is 1. The van der Waals surface area contributed by atoms with Crippen LogP contribution in [-0.4, -0.2) is 24.3 Å². The number of hydrogen-bond acceptors (Lipinski definition) is 5. The van der Waals surface area contributed by atoms with E-state index in [2.05, 4.69) is 16.2 Å². The minimum Gasteiger partial charge on any atom is -0.461 e. The van der Waals surface area contributed by atoms with Gasteiger partial charge in [-0.3, -0.25) is 4.79 Å². The minimum atomic E-state index is -0.894. The van der Waals surface area contributed by atoms with Crippen LogP contribution in [0.5, 0.6) is 0 Å². The SMILES string of the molecule is C=CCOC(=O)CCCO[N+](=O)[O-]. The van der Waals surface area contributed by atoms with Crippen LogP contribution >= 0.6 is 0 Å². The Bertz CT molecular complexity index is 191. The summed E-state index contributed by atoms with van der Waals surface area (Å²) in [5.74, 6) is -0.410. The van der Waals surface area contributed by atoms with Gasteiger partial charge < -0.3 is 9.57 Å². The molecule has 0 saturated heterocycles. The fourth-order valence-electron chi connectivity index (χ4n) is 0.580. The maximum atomic E-state index is 10.8. The lowest BCUT2D eigenvalue weighted by molar-refractivity contribution is -0.757. The molecule has 0 rings (SSSR count). The third-order valence-corrected chi connectivity index (χ3v) is 1.08. The molecule has 6 heteroatoms. The lowest BCUT2D eigenvalue weighted by Gasteiger charge is -2.00. The maximum absolute atomic E-state index is 10.8. The van der Waals surface area contributed by atoms with E-state index in [1.807, 2.05) is 0 Å². The molecule has 0 spiro atoms. The van der Waals surface area contributed by atoms with E-state index >= 15 is 0 Å². The molecule has 0 atom stereocenters. The standard InChI is InChI=1S/C7H11NO5/c1-2-5-12-7(9)4-3-6-13-8(10)11/h2H,1,3-6H2. The maximum Gasteiger partial charge on any atom is 0.306 e. The molecule has 0 aliphatic carbocycles. The molecule has 0 N–H and O–H groups in total. The van der Waals surface area contributed by atoms with Gasteiger partial charge in [0.1, 0.15) is 6.61 Å². The first-order valence-electron chi connectivity index (χ1n) is 3.70. The van der Waals surface area contributed by atoms with Crippen LogP contribution < -0.4 is 0 Å². The molecule has 0 aromatic rings. The van der Waals surface area contributed by atoms with Crippen molar-refractivity contribution in [3.8, 4) is 0 Å². The summed E-state index contributed by atoms with van der Waals surface area (Å²) in [4.78, 5) is 24.4. The van der Waals surface area contributed by atoms with Crippen molar-refractivity contribution in [1.29, 1.82) is 0 Å². The molecular weight excluding hydrogens is 178 g/mol. The van der Waals surface area contributed by atoms with Crippen molar-refractivity contribution in [1.82, 2.24) is 0 Å². The molecule has 0 fully saturated rings. The Hall–Kier alpha value is -1.59. The van der Waals surface area contributed by atoms with Gasteiger partial charge in [0.05, 0.1) is 6.61 Å². The van der Waals surface area contributed by atoms with Gasteiger partial charge in [0.2, 0.25) is 0 Å². The number of carbonyl (C=O) groups excluding carboxylic acids is 1. The Morgan fingerprint density at radius 3 is 2.85 bits per heavy atom. The summed E-state index contributed by atoms with van der Waals surface area (Å²) in [6.45, 7) is 3.44. The average Bonchev–Trinajstić information content (AvgIpc) is 2.08. The number of hydrogen-bond donors (Lipinski definition) is 0. The predicted octanol–water partition coefficient (Wildman–Crippen LogP) is 0.704. The topological polar surface area (TPSA) is 78.7 Å². The Balaban J connectivity index is 3.26. The van der Waals surface area contributed by atoms with Crippen LogP contribution in [0.1, 0.15) is 12.8 Å². The van der Waals surface area contributed by atoms with Gasteiger partial charge in [0, 0.05) is 6.42 Å². The van der Waals surface area contributed by atoms with Crippen molar-refractivity contribution in [2.24, 2.45) is 0 Å². The van der Waals surface area contributed by atoms with Crippen molar-refractivity contribution in [3.63, 3.8) is 0 Å². The van der Waals surface area contributed by atoms with Gasteiger partial charge >= 0.3 is 5.97 Å². The first-order chi connectivity index (χ1) is 6.16. The second kappa shape index (κ2) is 7.08. The summed E-state index contributed by atoms with van der Waals surface area (Å²) in [5.41, 5.74) is 0. The summed E-state index contributed by atoms with van der Waals surface area (Å²) in [5, 5.41) is 8.78. The second-order valence-corrected chi connectivity index (χ2v) is 2.13. The average molecular weight is 189 g/mol. The Morgan fingerprint density at radius 1 is 1.62 bits per heavy atom. The molecule has 0 bridgehead atoms. The van der Waals surface area contributed by atoms with E-state index in [0.29, 0.717) is 0 Å². The van der Waals surface area contributed by atoms with Gasteiger partial charge in [-0.15, -0.1) is 10.1 Å². The molecular formula is C7H11NO5. The zero-order valence-electron chi connectivity index (χ0n) is 7.10. The molecule has 74 valence electrons. The highest BCUT2D eigenvalue weighted by Crippen LogP contribution is 1.93. The lowest BCUT2D eigenvalue weighted by Crippen LogP contribution is -2.07. The largest absolute Gasteiger partial charge is 0.461 e. The van der Waals surface area contributed by atoms with Gasteiger partial charge in [-0.25, -0.2) is 0 Å². The van der Waals surface area contributed by atoms with Gasteiger partial charge in [-0.05, 0) is 6.42 Å². The van der Waals surface area contributed by atoms with E-state index in [1.54, 1.807) is 0 Å².